The number of hydrogen-bond donors (Lipinski definition) is 3. The fraction of sp³-hybridized carbons (Fsp3) is 0.917. The molecule has 0 radical (unpaired) electrons. The number of carbonyl (C=O) groups is 1. The van der Waals surface area contributed by atoms with Gasteiger partial charge >= 0.3 is 6.03 Å². The predicted octanol–water partition coefficient (Wildman–Crippen LogP) is 1.73. The van der Waals surface area contributed by atoms with E-state index >= 15 is 0 Å². The minimum Gasteiger partial charge on any atom is -0.387 e. The van der Waals surface area contributed by atoms with Gasteiger partial charge in [-0.1, -0.05) is 26.2 Å². The normalized spacial score (nSPS) is 23.6. The molecule has 2 amide bonds. The molecule has 1 unspecified atom stereocenters. The molecule has 1 aliphatic heterocycles. The highest BCUT2D eigenvalue weighted by Crippen LogP contribution is 2.26. The molecular formula is C12H24N2O2S. The molecule has 0 aromatic carbocycles. The van der Waals surface area contributed by atoms with Gasteiger partial charge in [0, 0.05) is 18.8 Å². The first-order valence-corrected chi connectivity index (χ1v) is 7.63. The summed E-state index contributed by atoms with van der Waals surface area (Å²) in [6, 6.07) is -0.160. The minimum absolute atomic E-state index is 0.160. The number of unbranched alkanes of at least 4 members (excludes halogenated alkanes) is 3. The quantitative estimate of drug-likeness (QED) is 0.611. The predicted molar refractivity (Wildman–Crippen MR) is 72.4 cm³/mol. The van der Waals surface area contributed by atoms with Crippen molar-refractivity contribution in [2.24, 2.45) is 0 Å². The van der Waals surface area contributed by atoms with E-state index < -0.39 is 5.60 Å². The third-order valence-electron chi connectivity index (χ3n) is 2.98. The number of amides is 2. The first kappa shape index (κ1) is 14.6. The SMILES string of the molecule is CCCCCCNC(=O)NCC1(O)CCSC1. The van der Waals surface area contributed by atoms with Gasteiger partial charge in [0.05, 0.1) is 5.60 Å². The molecular weight excluding hydrogens is 236 g/mol. The van der Waals surface area contributed by atoms with Crippen molar-refractivity contribution in [3.05, 3.63) is 0 Å². The molecule has 1 aliphatic rings. The third-order valence-corrected chi connectivity index (χ3v) is 4.21. The highest BCUT2D eigenvalue weighted by Gasteiger charge is 2.31. The molecule has 5 heteroatoms. The molecule has 0 aromatic rings. The molecule has 0 aromatic heterocycles. The van der Waals surface area contributed by atoms with Crippen LogP contribution in [0.2, 0.25) is 0 Å². The molecule has 100 valence electrons. The van der Waals surface area contributed by atoms with Crippen LogP contribution in [0.25, 0.3) is 0 Å². The van der Waals surface area contributed by atoms with Crippen molar-refractivity contribution < 1.29 is 9.90 Å². The molecule has 17 heavy (non-hydrogen) atoms. The van der Waals surface area contributed by atoms with Crippen LogP contribution in [-0.4, -0.2) is 41.3 Å². The van der Waals surface area contributed by atoms with E-state index in [0.29, 0.717) is 6.54 Å². The first-order valence-electron chi connectivity index (χ1n) is 6.48. The number of nitrogens with one attached hydrogen (secondary N) is 2. The topological polar surface area (TPSA) is 61.4 Å². The molecule has 0 spiro atoms. The van der Waals surface area contributed by atoms with Gasteiger partial charge in [-0.15, -0.1) is 0 Å². The highest BCUT2D eigenvalue weighted by atomic mass is 32.2. The van der Waals surface area contributed by atoms with Gasteiger partial charge < -0.3 is 15.7 Å². The number of rotatable bonds is 7. The number of hydrogen-bond acceptors (Lipinski definition) is 3. The number of urea groups is 1. The lowest BCUT2D eigenvalue weighted by atomic mass is 10.0. The Kier molecular flexibility index (Phi) is 6.73. The molecule has 0 saturated carbocycles. The van der Waals surface area contributed by atoms with E-state index in [4.69, 9.17) is 0 Å². The number of aliphatic hydroxyl groups is 1. The van der Waals surface area contributed by atoms with E-state index in [1.807, 2.05) is 0 Å². The van der Waals surface area contributed by atoms with E-state index in [9.17, 15) is 9.90 Å². The van der Waals surface area contributed by atoms with E-state index in [-0.39, 0.29) is 6.03 Å². The van der Waals surface area contributed by atoms with E-state index in [2.05, 4.69) is 17.6 Å². The van der Waals surface area contributed by atoms with Crippen LogP contribution < -0.4 is 10.6 Å². The van der Waals surface area contributed by atoms with Crippen LogP contribution in [0.3, 0.4) is 0 Å². The van der Waals surface area contributed by atoms with Gasteiger partial charge in [0.1, 0.15) is 0 Å². The summed E-state index contributed by atoms with van der Waals surface area (Å²) in [6.45, 7) is 3.25. The summed E-state index contributed by atoms with van der Waals surface area (Å²) in [4.78, 5) is 11.4. The van der Waals surface area contributed by atoms with E-state index in [1.54, 1.807) is 11.8 Å². The van der Waals surface area contributed by atoms with E-state index in [0.717, 1.165) is 37.3 Å². The first-order chi connectivity index (χ1) is 8.16. The Labute approximate surface area is 108 Å². The second-order valence-electron chi connectivity index (χ2n) is 4.70. The average Bonchev–Trinajstić information content (AvgIpc) is 2.74. The summed E-state index contributed by atoms with van der Waals surface area (Å²) < 4.78 is 0. The van der Waals surface area contributed by atoms with Crippen molar-refractivity contribution in [3.8, 4) is 0 Å². The number of thioether (sulfide) groups is 1. The lowest BCUT2D eigenvalue weighted by Gasteiger charge is -2.21. The minimum atomic E-state index is -0.690. The van der Waals surface area contributed by atoms with Crippen LogP contribution >= 0.6 is 11.8 Å². The van der Waals surface area contributed by atoms with Gasteiger partial charge in [-0.2, -0.15) is 11.8 Å². The van der Waals surface area contributed by atoms with Gasteiger partial charge in [0.2, 0.25) is 0 Å². The standard InChI is InChI=1S/C12H24N2O2S/c1-2-3-4-5-7-13-11(15)14-9-12(16)6-8-17-10-12/h16H,2-10H2,1H3,(H2,13,14,15). The summed E-state index contributed by atoms with van der Waals surface area (Å²) in [6.07, 6.45) is 5.39. The smallest absolute Gasteiger partial charge is 0.314 e. The van der Waals surface area contributed by atoms with Crippen LogP contribution in [0.1, 0.15) is 39.0 Å². The summed E-state index contributed by atoms with van der Waals surface area (Å²) >= 11 is 1.74. The highest BCUT2D eigenvalue weighted by molar-refractivity contribution is 7.99. The molecule has 1 fully saturated rings. The zero-order valence-electron chi connectivity index (χ0n) is 10.6. The summed E-state index contributed by atoms with van der Waals surface area (Å²) in [7, 11) is 0. The molecule has 0 aliphatic carbocycles. The molecule has 4 nitrogen and oxygen atoms in total. The van der Waals surface area contributed by atoms with Gasteiger partial charge in [-0.05, 0) is 18.6 Å². The van der Waals surface area contributed by atoms with Crippen molar-refractivity contribution in [1.29, 1.82) is 0 Å². The van der Waals surface area contributed by atoms with Crippen LogP contribution in [0.5, 0.6) is 0 Å². The molecule has 1 rings (SSSR count). The second-order valence-corrected chi connectivity index (χ2v) is 5.80. The monoisotopic (exact) mass is 260 g/mol. The molecule has 1 heterocycles. The summed E-state index contributed by atoms with van der Waals surface area (Å²) in [5, 5.41) is 15.6. The molecule has 3 N–H and O–H groups in total. The Balaban J connectivity index is 2.01. The third kappa shape index (κ3) is 6.17. The average molecular weight is 260 g/mol. The Morgan fingerprint density at radius 3 is 2.82 bits per heavy atom. The Bertz CT molecular complexity index is 231. The van der Waals surface area contributed by atoms with Crippen molar-refractivity contribution in [3.63, 3.8) is 0 Å². The number of carbonyl (C=O) groups excluding carboxylic acids is 1. The van der Waals surface area contributed by atoms with Crippen LogP contribution in [0.4, 0.5) is 4.79 Å². The lowest BCUT2D eigenvalue weighted by Crippen LogP contribution is -2.46. The summed E-state index contributed by atoms with van der Waals surface area (Å²) in [5.41, 5.74) is -0.690. The van der Waals surface area contributed by atoms with Crippen molar-refractivity contribution >= 4 is 17.8 Å². The maximum atomic E-state index is 11.4. The van der Waals surface area contributed by atoms with Gasteiger partial charge in [-0.25, -0.2) is 4.79 Å². The Morgan fingerprint density at radius 2 is 2.18 bits per heavy atom. The Morgan fingerprint density at radius 1 is 1.35 bits per heavy atom. The van der Waals surface area contributed by atoms with Crippen molar-refractivity contribution in [2.75, 3.05) is 24.6 Å². The van der Waals surface area contributed by atoms with Crippen molar-refractivity contribution in [2.45, 2.75) is 44.6 Å². The lowest BCUT2D eigenvalue weighted by molar-refractivity contribution is 0.0700. The van der Waals surface area contributed by atoms with Gasteiger partial charge in [0.15, 0.2) is 0 Å². The summed E-state index contributed by atoms with van der Waals surface area (Å²) in [5.74, 6) is 1.71. The van der Waals surface area contributed by atoms with Crippen molar-refractivity contribution in [1.82, 2.24) is 10.6 Å². The zero-order chi connectivity index (χ0) is 12.6. The van der Waals surface area contributed by atoms with E-state index in [1.165, 1.54) is 12.8 Å². The van der Waals surface area contributed by atoms with Gasteiger partial charge in [-0.3, -0.25) is 0 Å². The second kappa shape index (κ2) is 7.82. The maximum absolute atomic E-state index is 11.4. The fourth-order valence-electron chi connectivity index (χ4n) is 1.80. The van der Waals surface area contributed by atoms with Gasteiger partial charge in [0.25, 0.3) is 0 Å². The maximum Gasteiger partial charge on any atom is 0.314 e. The zero-order valence-corrected chi connectivity index (χ0v) is 11.4. The molecule has 1 atom stereocenters. The fourth-order valence-corrected chi connectivity index (χ4v) is 3.09. The van der Waals surface area contributed by atoms with Crippen LogP contribution in [0, 0.1) is 0 Å². The molecule has 0 bridgehead atoms. The molecule has 1 saturated heterocycles. The Hall–Kier alpha value is -0.420. The largest absolute Gasteiger partial charge is 0.387 e. The van der Waals surface area contributed by atoms with Crippen LogP contribution in [-0.2, 0) is 0 Å². The van der Waals surface area contributed by atoms with Crippen LogP contribution in [0.15, 0.2) is 0 Å².